The van der Waals surface area contributed by atoms with Gasteiger partial charge >= 0.3 is 0 Å². The van der Waals surface area contributed by atoms with Crippen molar-refractivity contribution < 1.29 is 13.9 Å². The van der Waals surface area contributed by atoms with Gasteiger partial charge in [0.25, 0.3) is 0 Å². The largest absolute Gasteiger partial charge is 0.488 e. The van der Waals surface area contributed by atoms with Crippen molar-refractivity contribution in [2.45, 2.75) is 6.04 Å². The van der Waals surface area contributed by atoms with Crippen LogP contribution in [-0.2, 0) is 0 Å². The van der Waals surface area contributed by atoms with Crippen molar-refractivity contribution in [2.75, 3.05) is 6.61 Å². The standard InChI is InChI=1S/C20H17ClFNO2/c21-15-9-11-16(12-10-15)25-20-17(22)7-4-8-19(20)24-13-18(23)14-5-2-1-3-6-14/h1-12,18H,13,23H2/t18-/m1/s1. The van der Waals surface area contributed by atoms with Crippen LogP contribution in [0, 0.1) is 5.82 Å². The molecular weight excluding hydrogens is 341 g/mol. The highest BCUT2D eigenvalue weighted by atomic mass is 35.5. The predicted molar refractivity (Wildman–Crippen MR) is 96.8 cm³/mol. The minimum absolute atomic E-state index is 0.0186. The van der Waals surface area contributed by atoms with Gasteiger partial charge in [-0.2, -0.15) is 0 Å². The quantitative estimate of drug-likeness (QED) is 0.646. The van der Waals surface area contributed by atoms with Crippen molar-refractivity contribution in [1.82, 2.24) is 0 Å². The summed E-state index contributed by atoms with van der Waals surface area (Å²) in [5.41, 5.74) is 7.07. The van der Waals surface area contributed by atoms with Gasteiger partial charge in [0.15, 0.2) is 11.6 Å². The highest BCUT2D eigenvalue weighted by Crippen LogP contribution is 2.35. The second-order valence-corrected chi connectivity index (χ2v) is 5.89. The van der Waals surface area contributed by atoms with Crippen LogP contribution in [0.3, 0.4) is 0 Å². The van der Waals surface area contributed by atoms with E-state index in [0.29, 0.717) is 16.5 Å². The number of rotatable bonds is 6. The SMILES string of the molecule is N[C@H](COc1cccc(F)c1Oc1ccc(Cl)cc1)c1ccccc1. The second-order valence-electron chi connectivity index (χ2n) is 5.45. The summed E-state index contributed by atoms with van der Waals surface area (Å²) in [5.74, 6) is 0.263. The topological polar surface area (TPSA) is 44.5 Å². The van der Waals surface area contributed by atoms with Crippen molar-refractivity contribution in [1.29, 1.82) is 0 Å². The van der Waals surface area contributed by atoms with Crippen molar-refractivity contribution in [2.24, 2.45) is 5.73 Å². The van der Waals surface area contributed by atoms with E-state index in [1.807, 2.05) is 30.3 Å². The molecule has 0 bridgehead atoms. The summed E-state index contributed by atoms with van der Waals surface area (Å²) in [4.78, 5) is 0. The van der Waals surface area contributed by atoms with Crippen LogP contribution in [-0.4, -0.2) is 6.61 Å². The molecule has 1 atom stereocenters. The fourth-order valence-corrected chi connectivity index (χ4v) is 2.42. The van der Waals surface area contributed by atoms with Crippen LogP contribution in [0.25, 0.3) is 0 Å². The zero-order valence-electron chi connectivity index (χ0n) is 13.4. The monoisotopic (exact) mass is 357 g/mol. The van der Waals surface area contributed by atoms with Gasteiger partial charge < -0.3 is 15.2 Å². The average Bonchev–Trinajstić information content (AvgIpc) is 2.64. The minimum atomic E-state index is -0.513. The van der Waals surface area contributed by atoms with E-state index >= 15 is 0 Å². The third-order valence-electron chi connectivity index (χ3n) is 3.61. The zero-order valence-corrected chi connectivity index (χ0v) is 14.1. The fraction of sp³-hybridized carbons (Fsp3) is 0.100. The van der Waals surface area contributed by atoms with Crippen LogP contribution in [0.4, 0.5) is 4.39 Å². The molecule has 0 amide bonds. The van der Waals surface area contributed by atoms with E-state index in [2.05, 4.69) is 0 Å². The Labute approximate surface area is 150 Å². The van der Waals surface area contributed by atoms with E-state index in [4.69, 9.17) is 26.8 Å². The van der Waals surface area contributed by atoms with Gasteiger partial charge in [-0.05, 0) is 42.0 Å². The zero-order chi connectivity index (χ0) is 17.6. The number of hydrogen-bond donors (Lipinski definition) is 1. The highest BCUT2D eigenvalue weighted by molar-refractivity contribution is 6.30. The summed E-state index contributed by atoms with van der Waals surface area (Å²) >= 11 is 5.85. The Bertz CT molecular complexity index is 825. The Morgan fingerprint density at radius 2 is 1.64 bits per heavy atom. The summed E-state index contributed by atoms with van der Waals surface area (Å²) in [5, 5.41) is 0.575. The Morgan fingerprint density at radius 1 is 0.920 bits per heavy atom. The van der Waals surface area contributed by atoms with Crippen LogP contribution < -0.4 is 15.2 Å². The van der Waals surface area contributed by atoms with E-state index in [0.717, 1.165) is 5.56 Å². The average molecular weight is 358 g/mol. The van der Waals surface area contributed by atoms with Gasteiger partial charge in [-0.3, -0.25) is 0 Å². The molecule has 0 aliphatic rings. The minimum Gasteiger partial charge on any atom is -0.488 e. The molecule has 3 aromatic carbocycles. The first-order valence-electron chi connectivity index (χ1n) is 7.79. The van der Waals surface area contributed by atoms with Crippen LogP contribution in [0.5, 0.6) is 17.2 Å². The van der Waals surface area contributed by atoms with Crippen molar-refractivity contribution in [3.05, 3.63) is 89.2 Å². The lowest BCUT2D eigenvalue weighted by Gasteiger charge is -2.16. The van der Waals surface area contributed by atoms with E-state index < -0.39 is 5.82 Å². The molecule has 0 spiro atoms. The summed E-state index contributed by atoms with van der Waals surface area (Å²) in [7, 11) is 0. The van der Waals surface area contributed by atoms with Gasteiger partial charge in [0, 0.05) is 5.02 Å². The van der Waals surface area contributed by atoms with Gasteiger partial charge in [-0.25, -0.2) is 4.39 Å². The maximum absolute atomic E-state index is 14.2. The molecule has 3 nitrogen and oxygen atoms in total. The Balaban J connectivity index is 1.75. The molecule has 2 N–H and O–H groups in total. The molecule has 5 heteroatoms. The molecule has 25 heavy (non-hydrogen) atoms. The molecule has 3 rings (SSSR count). The first-order chi connectivity index (χ1) is 12.1. The van der Waals surface area contributed by atoms with E-state index in [9.17, 15) is 4.39 Å². The molecule has 0 aliphatic heterocycles. The third-order valence-corrected chi connectivity index (χ3v) is 3.86. The van der Waals surface area contributed by atoms with Crippen LogP contribution in [0.15, 0.2) is 72.8 Å². The summed E-state index contributed by atoms with van der Waals surface area (Å²) in [6.45, 7) is 0.199. The maximum atomic E-state index is 14.2. The van der Waals surface area contributed by atoms with Crippen LogP contribution in [0.2, 0.25) is 5.02 Å². The normalized spacial score (nSPS) is 11.8. The van der Waals surface area contributed by atoms with E-state index in [1.165, 1.54) is 6.07 Å². The lowest BCUT2D eigenvalue weighted by atomic mass is 10.1. The van der Waals surface area contributed by atoms with Gasteiger partial charge in [0.05, 0.1) is 6.04 Å². The van der Waals surface area contributed by atoms with Crippen molar-refractivity contribution >= 4 is 11.6 Å². The first-order valence-corrected chi connectivity index (χ1v) is 8.16. The predicted octanol–water partition coefficient (Wildman–Crippen LogP) is 5.35. The first kappa shape index (κ1) is 17.3. The van der Waals surface area contributed by atoms with Crippen LogP contribution >= 0.6 is 11.6 Å². The van der Waals surface area contributed by atoms with Gasteiger partial charge in [0.2, 0.25) is 5.75 Å². The molecule has 0 saturated heterocycles. The van der Waals surface area contributed by atoms with E-state index in [-0.39, 0.29) is 18.4 Å². The lowest BCUT2D eigenvalue weighted by Crippen LogP contribution is -2.19. The molecule has 0 fully saturated rings. The Kier molecular flexibility index (Phi) is 5.53. The smallest absolute Gasteiger partial charge is 0.204 e. The van der Waals surface area contributed by atoms with Crippen LogP contribution in [0.1, 0.15) is 11.6 Å². The third kappa shape index (κ3) is 4.50. The van der Waals surface area contributed by atoms with Crippen molar-refractivity contribution in [3.63, 3.8) is 0 Å². The molecular formula is C20H17ClFNO2. The fourth-order valence-electron chi connectivity index (χ4n) is 2.30. The van der Waals surface area contributed by atoms with E-state index in [1.54, 1.807) is 36.4 Å². The number of halogens is 2. The molecule has 0 unspecified atom stereocenters. The Hall–Kier alpha value is -2.56. The number of para-hydroxylation sites is 1. The molecule has 0 saturated carbocycles. The molecule has 0 aliphatic carbocycles. The summed E-state index contributed by atoms with van der Waals surface area (Å²) < 4.78 is 25.5. The highest BCUT2D eigenvalue weighted by Gasteiger charge is 2.14. The maximum Gasteiger partial charge on any atom is 0.204 e. The summed E-state index contributed by atoms with van der Waals surface area (Å²) in [6.07, 6.45) is 0. The second kappa shape index (κ2) is 8.01. The van der Waals surface area contributed by atoms with Crippen molar-refractivity contribution in [3.8, 4) is 17.2 Å². The van der Waals surface area contributed by atoms with Gasteiger partial charge in [-0.1, -0.05) is 48.0 Å². The Morgan fingerprint density at radius 3 is 2.36 bits per heavy atom. The molecule has 0 radical (unpaired) electrons. The molecule has 0 aromatic heterocycles. The lowest BCUT2D eigenvalue weighted by molar-refractivity contribution is 0.275. The summed E-state index contributed by atoms with van der Waals surface area (Å²) in [6, 6.07) is 20.4. The molecule has 0 heterocycles. The number of ether oxygens (including phenoxy) is 2. The molecule has 3 aromatic rings. The number of nitrogens with two attached hydrogens (primary N) is 1. The van der Waals surface area contributed by atoms with Gasteiger partial charge in [-0.15, -0.1) is 0 Å². The molecule has 128 valence electrons. The van der Waals surface area contributed by atoms with Gasteiger partial charge in [0.1, 0.15) is 12.4 Å². The number of hydrogen-bond acceptors (Lipinski definition) is 3. The number of benzene rings is 3.